The van der Waals surface area contributed by atoms with Gasteiger partial charge in [-0.25, -0.2) is 0 Å². The fourth-order valence-electron chi connectivity index (χ4n) is 0. The van der Waals surface area contributed by atoms with E-state index >= 15 is 0 Å². The fraction of sp³-hybridized carbons (Fsp3) is 0. The van der Waals surface area contributed by atoms with Crippen LogP contribution in [0.2, 0.25) is 0 Å². The Balaban J connectivity index is -0.00000000396. The standard InChI is InChI=1S/6CN.Cu.Fe.Mn/c6*1-2;;;/q6*-1;+2;+3;+2. The molecular weight excluding hydrogens is 330 g/mol. The van der Waals surface area contributed by atoms with Crippen molar-refractivity contribution in [2.45, 2.75) is 0 Å². The number of rotatable bonds is 0. The van der Waals surface area contributed by atoms with E-state index < -0.39 is 0 Å². The van der Waals surface area contributed by atoms with Crippen molar-refractivity contribution in [1.82, 2.24) is 0 Å². The second-order valence-corrected chi connectivity index (χ2v) is 0. The normalized spacial score (nSPS) is 0.800. The molecule has 0 aromatic carbocycles. The van der Waals surface area contributed by atoms with Crippen LogP contribution in [0.1, 0.15) is 0 Å². The average Bonchev–Trinajstić information content (AvgIpc) is 2.33. The van der Waals surface area contributed by atoms with E-state index in [1.165, 1.54) is 0 Å². The van der Waals surface area contributed by atoms with E-state index in [9.17, 15) is 0 Å². The monoisotopic (exact) mass is 330 g/mol. The van der Waals surface area contributed by atoms with Crippen LogP contribution >= 0.6 is 0 Å². The van der Waals surface area contributed by atoms with Crippen LogP contribution in [0.25, 0.3) is 0 Å². The summed E-state index contributed by atoms with van der Waals surface area (Å²) >= 11 is 0. The Morgan fingerprint density at radius 2 is 0.400 bits per heavy atom. The van der Waals surface area contributed by atoms with Gasteiger partial charge in [0, 0.05) is 0 Å². The zero-order valence-corrected chi connectivity index (χ0v) is 9.94. The molecule has 0 rings (SSSR count). The molecule has 0 heterocycles. The summed E-state index contributed by atoms with van der Waals surface area (Å²) < 4.78 is 0. The first-order valence-corrected chi connectivity index (χ1v) is 1.34. The van der Waals surface area contributed by atoms with Gasteiger partial charge in [-0.15, -0.1) is 0 Å². The van der Waals surface area contributed by atoms with Crippen LogP contribution in [0.3, 0.4) is 0 Å². The van der Waals surface area contributed by atoms with Crippen LogP contribution in [-0.4, -0.2) is 0 Å². The van der Waals surface area contributed by atoms with E-state index in [0.717, 1.165) is 0 Å². The molecule has 0 saturated heterocycles. The topological polar surface area (TPSA) is 143 Å². The predicted octanol–water partition coefficient (Wildman–Crippen LogP) is 0.571. The van der Waals surface area contributed by atoms with Crippen molar-refractivity contribution in [2.24, 2.45) is 0 Å². The van der Waals surface area contributed by atoms with Crippen LogP contribution in [0.4, 0.5) is 0 Å². The summed E-state index contributed by atoms with van der Waals surface area (Å²) in [4.78, 5) is 0. The Morgan fingerprint density at radius 1 is 0.400 bits per heavy atom. The molecule has 15 heavy (non-hydrogen) atoms. The molecule has 0 saturated carbocycles. The largest absolute Gasteiger partial charge is 3.00 e. The third kappa shape index (κ3) is 611. The van der Waals surface area contributed by atoms with Crippen LogP contribution in [0.5, 0.6) is 0 Å². The van der Waals surface area contributed by atoms with Gasteiger partial charge in [0.05, 0.1) is 0 Å². The summed E-state index contributed by atoms with van der Waals surface area (Å²) in [6, 6.07) is 0. The molecule has 3 radical (unpaired) electrons. The minimum absolute atomic E-state index is 0. The van der Waals surface area contributed by atoms with E-state index in [1.54, 1.807) is 0 Å². The molecule has 6 nitrogen and oxygen atoms in total. The van der Waals surface area contributed by atoms with Gasteiger partial charge in [-0.05, 0) is 0 Å². The molecule has 0 aliphatic rings. The van der Waals surface area contributed by atoms with E-state index in [-0.39, 0.29) is 51.2 Å². The summed E-state index contributed by atoms with van der Waals surface area (Å²) in [6.07, 6.45) is 0. The summed E-state index contributed by atoms with van der Waals surface area (Å²) in [6.45, 7) is 28.5. The van der Waals surface area contributed by atoms with E-state index in [4.69, 9.17) is 71.0 Å². The molecular formula is C6CuFeMnN6+. The molecule has 0 spiro atoms. The second-order valence-electron chi connectivity index (χ2n) is 0. The van der Waals surface area contributed by atoms with E-state index in [1.807, 2.05) is 0 Å². The molecule has 9 heteroatoms. The Labute approximate surface area is 122 Å². The first-order chi connectivity index (χ1) is 6.00. The zero-order chi connectivity index (χ0) is 12.0. The minimum atomic E-state index is 0. The molecule has 0 bridgehead atoms. The molecule has 79 valence electrons. The average molecular weight is 330 g/mol. The maximum atomic E-state index is 6.25. The third-order valence-corrected chi connectivity index (χ3v) is 0. The third-order valence-electron chi connectivity index (χ3n) is 0. The summed E-state index contributed by atoms with van der Waals surface area (Å²) in [7, 11) is 0. The Morgan fingerprint density at radius 3 is 0.400 bits per heavy atom. The Kier molecular flexibility index (Phi) is 5090. The van der Waals surface area contributed by atoms with Crippen LogP contribution < -0.4 is 0 Å². The van der Waals surface area contributed by atoms with Crippen LogP contribution in [-0.2, 0) is 51.2 Å². The maximum Gasteiger partial charge on any atom is 3.00 e. The molecule has 0 amide bonds. The van der Waals surface area contributed by atoms with Gasteiger partial charge in [-0.3, -0.25) is 0 Å². The van der Waals surface area contributed by atoms with Crippen LogP contribution in [0, 0.1) is 71.0 Å². The van der Waals surface area contributed by atoms with Crippen molar-refractivity contribution in [3.8, 4) is 0 Å². The van der Waals surface area contributed by atoms with Crippen molar-refractivity contribution in [3.63, 3.8) is 0 Å². The molecule has 0 aliphatic carbocycles. The van der Waals surface area contributed by atoms with Crippen molar-refractivity contribution in [3.05, 3.63) is 39.4 Å². The minimum Gasteiger partial charge on any atom is -0.512 e. The van der Waals surface area contributed by atoms with Gasteiger partial charge in [0.1, 0.15) is 0 Å². The number of hydrogen-bond donors (Lipinski definition) is 0. The second kappa shape index (κ2) is 733. The van der Waals surface area contributed by atoms with Crippen molar-refractivity contribution in [2.75, 3.05) is 0 Å². The molecule has 0 unspecified atom stereocenters. The first kappa shape index (κ1) is 104. The fourth-order valence-corrected chi connectivity index (χ4v) is 0. The van der Waals surface area contributed by atoms with Crippen molar-refractivity contribution >= 4 is 0 Å². The van der Waals surface area contributed by atoms with E-state index in [0.29, 0.717) is 0 Å². The summed E-state index contributed by atoms with van der Waals surface area (Å²) in [5.74, 6) is 0. The number of nitrogens with zero attached hydrogens (tertiary/aromatic N) is 6. The smallest absolute Gasteiger partial charge is 0.512 e. The first-order valence-electron chi connectivity index (χ1n) is 1.34. The molecule has 0 fully saturated rings. The van der Waals surface area contributed by atoms with Crippen LogP contribution in [0.15, 0.2) is 0 Å². The van der Waals surface area contributed by atoms with Gasteiger partial charge >= 0.3 is 51.2 Å². The molecule has 0 aliphatic heterocycles. The predicted molar refractivity (Wildman–Crippen MR) is 29.8 cm³/mol. The number of hydrogen-bond acceptors (Lipinski definition) is 6. The molecule has 0 N–H and O–H groups in total. The zero-order valence-electron chi connectivity index (χ0n) is 6.72. The molecule has 0 atom stereocenters. The molecule has 0 aromatic heterocycles. The Bertz CT molecular complexity index is 103. The quantitative estimate of drug-likeness (QED) is 0.469. The van der Waals surface area contributed by atoms with Crippen molar-refractivity contribution in [1.29, 1.82) is 31.6 Å². The van der Waals surface area contributed by atoms with Gasteiger partial charge in [0.2, 0.25) is 0 Å². The SMILES string of the molecule is [C-]#N.[C-]#N.[C-]#N.[C-]#N.[C-]#N.[C-]#N.[Cu+2].[Fe+3].[Mn+2]. The Hall–Kier alpha value is -1.50. The summed E-state index contributed by atoms with van der Waals surface area (Å²) in [5, 5.41) is 37.5. The van der Waals surface area contributed by atoms with E-state index in [2.05, 4.69) is 0 Å². The van der Waals surface area contributed by atoms with Gasteiger partial charge in [-0.2, -0.15) is 0 Å². The van der Waals surface area contributed by atoms with Gasteiger partial charge in [0.15, 0.2) is 0 Å². The van der Waals surface area contributed by atoms with Gasteiger partial charge in [0.25, 0.3) is 0 Å². The van der Waals surface area contributed by atoms with Gasteiger partial charge in [-0.1, -0.05) is 0 Å². The maximum absolute atomic E-state index is 6.25. The van der Waals surface area contributed by atoms with Crippen molar-refractivity contribution < 1.29 is 51.2 Å². The molecule has 0 aromatic rings. The van der Waals surface area contributed by atoms with Gasteiger partial charge < -0.3 is 71.0 Å². The summed E-state index contributed by atoms with van der Waals surface area (Å²) in [5.41, 5.74) is 0.